The minimum absolute atomic E-state index is 0.0835. The van der Waals surface area contributed by atoms with E-state index in [-0.39, 0.29) is 17.8 Å². The van der Waals surface area contributed by atoms with Crippen molar-refractivity contribution in [2.75, 3.05) is 17.9 Å². The zero-order valence-corrected chi connectivity index (χ0v) is 16.1. The number of carbonyl (C=O) groups is 1. The summed E-state index contributed by atoms with van der Waals surface area (Å²) in [6, 6.07) is 10.2. The number of hydrogen-bond donors (Lipinski definition) is 0. The third-order valence-electron chi connectivity index (χ3n) is 4.93. The standard InChI is InChI=1S/C24H23N5O/c1-28-16-25-15-22(28)17-4-5-19-14-27-21(11-20(19)10-17)13-23(30)18-6-7-26-24(12-18)29-8-2-3-9-29/h4-7,10-12,14-16H,2-3,8-9,13H2,1H3/i2D2,3D2,8D2,9D2. The summed E-state index contributed by atoms with van der Waals surface area (Å²) >= 11 is 0. The fourth-order valence-electron chi connectivity index (χ4n) is 3.37. The smallest absolute Gasteiger partial charge is 0.169 e. The Balaban J connectivity index is 1.45. The molecule has 0 amide bonds. The van der Waals surface area contributed by atoms with Gasteiger partial charge < -0.3 is 9.47 Å². The largest absolute Gasteiger partial charge is 0.357 e. The topological polar surface area (TPSA) is 63.9 Å². The van der Waals surface area contributed by atoms with Gasteiger partial charge in [0, 0.05) is 65.6 Å². The highest BCUT2D eigenvalue weighted by Gasteiger charge is 2.16. The molecule has 150 valence electrons. The van der Waals surface area contributed by atoms with Gasteiger partial charge >= 0.3 is 0 Å². The van der Waals surface area contributed by atoms with E-state index in [1.807, 2.05) is 29.8 Å². The zero-order valence-electron chi connectivity index (χ0n) is 24.1. The average Bonchev–Trinajstić information content (AvgIpc) is 3.31. The summed E-state index contributed by atoms with van der Waals surface area (Å²) in [6.07, 6.45) is -0.178. The van der Waals surface area contributed by atoms with Gasteiger partial charge in [-0.05, 0) is 42.4 Å². The number of imidazole rings is 1. The minimum atomic E-state index is -3.20. The molecule has 4 heterocycles. The maximum absolute atomic E-state index is 13.2. The van der Waals surface area contributed by atoms with E-state index in [0.717, 1.165) is 28.1 Å². The number of nitrogens with zero attached hydrogens (tertiary/aromatic N) is 5. The Morgan fingerprint density at radius 1 is 1.07 bits per heavy atom. The van der Waals surface area contributed by atoms with E-state index < -0.39 is 31.5 Å². The number of aryl methyl sites for hydroxylation is 1. The normalized spacial score (nSPS) is 24.5. The third kappa shape index (κ3) is 3.56. The van der Waals surface area contributed by atoms with Gasteiger partial charge in [0.25, 0.3) is 0 Å². The van der Waals surface area contributed by atoms with Crippen molar-refractivity contribution < 1.29 is 15.8 Å². The summed E-state index contributed by atoms with van der Waals surface area (Å²) in [5.74, 6) is -0.780. The van der Waals surface area contributed by atoms with Crippen LogP contribution in [0.25, 0.3) is 22.0 Å². The van der Waals surface area contributed by atoms with Crippen molar-refractivity contribution in [3.63, 3.8) is 0 Å². The van der Waals surface area contributed by atoms with Gasteiger partial charge in [-0.2, -0.15) is 0 Å². The Morgan fingerprint density at radius 2 is 1.93 bits per heavy atom. The maximum Gasteiger partial charge on any atom is 0.169 e. The number of pyridine rings is 2. The first-order chi connectivity index (χ1) is 17.7. The molecule has 0 bridgehead atoms. The molecule has 1 aliphatic heterocycles. The molecule has 6 nitrogen and oxygen atoms in total. The summed E-state index contributed by atoms with van der Waals surface area (Å²) in [5.41, 5.74) is 2.46. The molecule has 1 aromatic carbocycles. The molecule has 0 radical (unpaired) electrons. The first kappa shape index (κ1) is 11.6. The molecule has 0 saturated carbocycles. The average molecular weight is 406 g/mol. The van der Waals surface area contributed by atoms with Gasteiger partial charge in [-0.3, -0.25) is 9.78 Å². The quantitative estimate of drug-likeness (QED) is 0.469. The van der Waals surface area contributed by atoms with Gasteiger partial charge in [0.1, 0.15) is 5.82 Å². The van der Waals surface area contributed by atoms with Crippen LogP contribution in [-0.2, 0) is 13.5 Å². The van der Waals surface area contributed by atoms with Crippen molar-refractivity contribution in [3.05, 3.63) is 72.6 Å². The Labute approximate surface area is 186 Å². The number of benzene rings is 1. The molecule has 1 saturated heterocycles. The fourth-order valence-corrected chi connectivity index (χ4v) is 3.37. The number of carbonyl (C=O) groups excluding carboxylic acids is 1. The molecule has 5 rings (SSSR count). The second-order valence-corrected chi connectivity index (χ2v) is 6.94. The van der Waals surface area contributed by atoms with Gasteiger partial charge in [0.2, 0.25) is 0 Å². The maximum atomic E-state index is 13.2. The van der Waals surface area contributed by atoms with Crippen LogP contribution >= 0.6 is 0 Å². The van der Waals surface area contributed by atoms with Crippen molar-refractivity contribution in [1.29, 1.82) is 0 Å². The lowest BCUT2D eigenvalue weighted by Crippen LogP contribution is -2.19. The molecule has 4 aromatic rings. The number of Topliss-reactive ketones (excluding diaryl/α,β-unsaturated/α-hetero) is 1. The molecular formula is C24H23N5O. The number of hydrogen-bond acceptors (Lipinski definition) is 5. The Morgan fingerprint density at radius 3 is 2.73 bits per heavy atom. The van der Waals surface area contributed by atoms with Crippen LogP contribution in [0.2, 0.25) is 0 Å². The molecule has 3 aromatic heterocycles. The first-order valence-electron chi connectivity index (χ1n) is 13.3. The van der Waals surface area contributed by atoms with E-state index in [1.54, 1.807) is 24.8 Å². The second kappa shape index (κ2) is 7.71. The summed E-state index contributed by atoms with van der Waals surface area (Å²) < 4.78 is 66.6. The molecule has 0 spiro atoms. The van der Waals surface area contributed by atoms with E-state index in [9.17, 15) is 4.79 Å². The predicted octanol–water partition coefficient (Wildman–Crippen LogP) is 4.06. The van der Waals surface area contributed by atoms with Crippen LogP contribution in [0, 0.1) is 0 Å². The van der Waals surface area contributed by atoms with Crippen molar-refractivity contribution in [2.24, 2.45) is 7.05 Å². The van der Waals surface area contributed by atoms with Crippen LogP contribution < -0.4 is 4.90 Å². The van der Waals surface area contributed by atoms with Gasteiger partial charge in [-0.15, -0.1) is 0 Å². The van der Waals surface area contributed by atoms with E-state index >= 15 is 0 Å². The van der Waals surface area contributed by atoms with Gasteiger partial charge in [-0.25, -0.2) is 9.97 Å². The SMILES string of the molecule is [2H]C1([2H])N(c2cc(C(=O)Cc3cc4cc(-c5cncn5C)ccc4cn3)ccn2)C([2H])([2H])C([2H])([2H])C1([2H])[2H]. The molecule has 1 aliphatic rings. The van der Waals surface area contributed by atoms with Crippen molar-refractivity contribution in [2.45, 2.75) is 19.2 Å². The summed E-state index contributed by atoms with van der Waals surface area (Å²) in [5, 5.41) is 1.76. The lowest BCUT2D eigenvalue weighted by molar-refractivity contribution is 0.0992. The number of aromatic nitrogens is 4. The van der Waals surface area contributed by atoms with Gasteiger partial charge in [0.05, 0.1) is 24.6 Å². The zero-order chi connectivity index (χ0) is 27.7. The second-order valence-electron chi connectivity index (χ2n) is 6.94. The number of fused-ring (bicyclic) bond motifs is 1. The Kier molecular flexibility index (Phi) is 2.98. The van der Waals surface area contributed by atoms with Gasteiger partial charge in [0.15, 0.2) is 5.78 Å². The van der Waals surface area contributed by atoms with E-state index in [1.165, 1.54) is 12.3 Å². The van der Waals surface area contributed by atoms with E-state index in [0.29, 0.717) is 10.6 Å². The highest BCUT2D eigenvalue weighted by atomic mass is 16.1. The number of ketones is 1. The lowest BCUT2D eigenvalue weighted by atomic mass is 10.0. The highest BCUT2D eigenvalue weighted by molar-refractivity contribution is 5.98. The van der Waals surface area contributed by atoms with Gasteiger partial charge in [-0.1, -0.05) is 12.1 Å². The van der Waals surface area contributed by atoms with Crippen molar-refractivity contribution in [3.8, 4) is 11.3 Å². The molecule has 30 heavy (non-hydrogen) atoms. The van der Waals surface area contributed by atoms with Crippen molar-refractivity contribution >= 4 is 22.4 Å². The molecule has 0 unspecified atom stereocenters. The summed E-state index contributed by atoms with van der Waals surface area (Å²) in [6.45, 7) is -6.17. The molecule has 0 N–H and O–H groups in total. The van der Waals surface area contributed by atoms with Crippen LogP contribution in [-0.4, -0.2) is 38.3 Å². The molecule has 0 aliphatic carbocycles. The molecule has 1 fully saturated rings. The predicted molar refractivity (Wildman–Crippen MR) is 118 cm³/mol. The number of anilines is 1. The van der Waals surface area contributed by atoms with Crippen LogP contribution in [0.1, 0.15) is 39.8 Å². The minimum Gasteiger partial charge on any atom is -0.357 e. The third-order valence-corrected chi connectivity index (χ3v) is 4.93. The van der Waals surface area contributed by atoms with Crippen molar-refractivity contribution in [1.82, 2.24) is 19.5 Å². The number of rotatable bonds is 5. The summed E-state index contributed by atoms with van der Waals surface area (Å²) in [4.78, 5) is 26.0. The van der Waals surface area contributed by atoms with Crippen LogP contribution in [0.5, 0.6) is 0 Å². The Bertz CT molecular complexity index is 1540. The fraction of sp³-hybridized carbons (Fsp3) is 0.250. The van der Waals surface area contributed by atoms with Crippen LogP contribution in [0.4, 0.5) is 5.82 Å². The van der Waals surface area contributed by atoms with Crippen LogP contribution in [0.3, 0.4) is 0 Å². The van der Waals surface area contributed by atoms with E-state index in [4.69, 9.17) is 11.0 Å². The van der Waals surface area contributed by atoms with E-state index in [2.05, 4.69) is 15.0 Å². The summed E-state index contributed by atoms with van der Waals surface area (Å²) in [7, 11) is 1.90. The monoisotopic (exact) mass is 405 g/mol. The van der Waals surface area contributed by atoms with Crippen LogP contribution in [0.15, 0.2) is 61.3 Å². The molecule has 6 heteroatoms. The highest BCUT2D eigenvalue weighted by Crippen LogP contribution is 2.25. The molecular weight excluding hydrogens is 374 g/mol. The first-order valence-corrected chi connectivity index (χ1v) is 9.33. The molecule has 0 atom stereocenters. The Hall–Kier alpha value is -3.54. The lowest BCUT2D eigenvalue weighted by Gasteiger charge is -2.16.